The van der Waals surface area contributed by atoms with Gasteiger partial charge in [-0.1, -0.05) is 37.6 Å². The van der Waals surface area contributed by atoms with Gasteiger partial charge in [0.05, 0.1) is 22.4 Å². The Hall–Kier alpha value is -3.42. The second-order valence-electron chi connectivity index (χ2n) is 10.8. The molecule has 0 spiro atoms. The molecule has 0 radical (unpaired) electrons. The van der Waals surface area contributed by atoms with Crippen LogP contribution in [0.1, 0.15) is 43.7 Å². The van der Waals surface area contributed by atoms with E-state index >= 15 is 0 Å². The molecule has 200 valence electrons. The summed E-state index contributed by atoms with van der Waals surface area (Å²) in [5, 5.41) is 4.81. The predicted octanol–water partition coefficient (Wildman–Crippen LogP) is 7.32. The molecule has 4 heterocycles. The van der Waals surface area contributed by atoms with Crippen LogP contribution in [0.25, 0.3) is 5.69 Å². The number of anilines is 2. The topological polar surface area (TPSA) is 36.3 Å². The monoisotopic (exact) mass is 559 g/mol. The summed E-state index contributed by atoms with van der Waals surface area (Å²) < 4.78 is 16.2. The summed E-state index contributed by atoms with van der Waals surface area (Å²) in [6.07, 6.45) is 4.98. The van der Waals surface area contributed by atoms with Gasteiger partial charge in [-0.05, 0) is 91.1 Å². The molecule has 0 saturated carbocycles. The van der Waals surface area contributed by atoms with Crippen LogP contribution in [0.4, 0.5) is 15.8 Å². The highest BCUT2D eigenvalue weighted by Crippen LogP contribution is 2.44. The zero-order valence-corrected chi connectivity index (χ0v) is 23.5. The lowest BCUT2D eigenvalue weighted by Crippen LogP contribution is -2.38. The Morgan fingerprint density at radius 1 is 0.949 bits per heavy atom. The van der Waals surface area contributed by atoms with E-state index in [1.54, 1.807) is 12.3 Å². The third kappa shape index (κ3) is 5.01. The third-order valence-electron chi connectivity index (χ3n) is 7.69. The van der Waals surface area contributed by atoms with Gasteiger partial charge >= 0.3 is 0 Å². The number of thiocarbonyl (C=S) groups is 1. The third-order valence-corrected chi connectivity index (χ3v) is 8.30. The first-order valence-electron chi connectivity index (χ1n) is 13.4. The average Bonchev–Trinajstić information content (AvgIpc) is 3.53. The lowest BCUT2D eigenvalue weighted by atomic mass is 9.91. The molecule has 39 heavy (non-hydrogen) atoms. The molecule has 0 bridgehead atoms. The Morgan fingerprint density at radius 3 is 2.49 bits per heavy atom. The minimum atomic E-state index is -0.283. The Labute approximate surface area is 239 Å². The molecular formula is C31H31ClFN5S. The van der Waals surface area contributed by atoms with Gasteiger partial charge in [0.25, 0.3) is 0 Å². The molecule has 2 aliphatic heterocycles. The maximum Gasteiger partial charge on any atom is 0.174 e. The van der Waals surface area contributed by atoms with Crippen LogP contribution in [0.3, 0.4) is 0 Å². The maximum absolute atomic E-state index is 14.2. The van der Waals surface area contributed by atoms with Crippen molar-refractivity contribution < 1.29 is 4.39 Å². The fourth-order valence-corrected chi connectivity index (χ4v) is 6.83. The van der Waals surface area contributed by atoms with E-state index in [2.05, 4.69) is 52.1 Å². The summed E-state index contributed by atoms with van der Waals surface area (Å²) in [7, 11) is 0. The van der Waals surface area contributed by atoms with E-state index in [1.165, 1.54) is 18.6 Å². The highest BCUT2D eigenvalue weighted by Gasteiger charge is 2.42. The highest BCUT2D eigenvalue weighted by atomic mass is 35.5. The van der Waals surface area contributed by atoms with E-state index in [4.69, 9.17) is 23.8 Å². The Balaban J connectivity index is 1.43. The fourth-order valence-electron chi connectivity index (χ4n) is 6.19. The van der Waals surface area contributed by atoms with Crippen molar-refractivity contribution in [3.63, 3.8) is 0 Å². The molecule has 2 aromatic carbocycles. The molecule has 0 aliphatic carbocycles. The van der Waals surface area contributed by atoms with E-state index in [9.17, 15) is 4.39 Å². The van der Waals surface area contributed by atoms with E-state index in [-0.39, 0.29) is 17.9 Å². The van der Waals surface area contributed by atoms with Crippen LogP contribution in [0.5, 0.6) is 0 Å². The van der Waals surface area contributed by atoms with Gasteiger partial charge in [0.15, 0.2) is 5.11 Å². The molecule has 4 aromatic rings. The van der Waals surface area contributed by atoms with Gasteiger partial charge in [-0.25, -0.2) is 4.39 Å². The molecule has 2 aromatic heterocycles. The first-order valence-corrected chi connectivity index (χ1v) is 14.2. The van der Waals surface area contributed by atoms with Gasteiger partial charge in [-0.2, -0.15) is 0 Å². The van der Waals surface area contributed by atoms with E-state index < -0.39 is 0 Å². The van der Waals surface area contributed by atoms with E-state index in [0.29, 0.717) is 22.0 Å². The molecule has 8 heteroatoms. The Bertz CT molecular complexity index is 1480. The summed E-state index contributed by atoms with van der Waals surface area (Å²) >= 11 is 12.9. The van der Waals surface area contributed by atoms with Crippen molar-refractivity contribution in [1.82, 2.24) is 14.9 Å². The average molecular weight is 560 g/mol. The van der Waals surface area contributed by atoms with Crippen LogP contribution < -0.4 is 15.1 Å². The van der Waals surface area contributed by atoms with Crippen LogP contribution in [0, 0.1) is 17.7 Å². The van der Waals surface area contributed by atoms with Crippen molar-refractivity contribution in [2.45, 2.75) is 32.4 Å². The first kappa shape index (κ1) is 25.8. The van der Waals surface area contributed by atoms with Crippen molar-refractivity contribution in [3.05, 3.63) is 107 Å². The van der Waals surface area contributed by atoms with E-state index in [1.807, 2.05) is 47.2 Å². The van der Waals surface area contributed by atoms with Crippen LogP contribution in [-0.4, -0.2) is 27.8 Å². The first-order chi connectivity index (χ1) is 18.9. The van der Waals surface area contributed by atoms with Crippen molar-refractivity contribution in [2.24, 2.45) is 11.8 Å². The molecule has 4 atom stereocenters. The second-order valence-corrected chi connectivity index (χ2v) is 11.6. The molecule has 0 amide bonds. The molecule has 4 unspecified atom stereocenters. The maximum atomic E-state index is 14.2. The van der Waals surface area contributed by atoms with Crippen LogP contribution in [0.2, 0.25) is 5.02 Å². The number of halogens is 2. The number of rotatable bonds is 5. The van der Waals surface area contributed by atoms with Gasteiger partial charge in [-0.3, -0.25) is 4.98 Å². The molecule has 5 nitrogen and oxygen atoms in total. The van der Waals surface area contributed by atoms with E-state index in [0.717, 1.165) is 41.5 Å². The number of piperidine rings is 1. The number of nitrogens with one attached hydrogen (secondary N) is 1. The molecule has 2 fully saturated rings. The number of aromatic nitrogens is 2. The minimum absolute atomic E-state index is 0.219. The smallest absolute Gasteiger partial charge is 0.174 e. The fraction of sp³-hybridized carbons (Fsp3) is 0.290. The largest absolute Gasteiger partial charge is 0.370 e. The van der Waals surface area contributed by atoms with Crippen molar-refractivity contribution in [2.75, 3.05) is 22.9 Å². The number of nitrogens with zero attached hydrogens (tertiary/aromatic N) is 4. The highest BCUT2D eigenvalue weighted by molar-refractivity contribution is 7.80. The summed E-state index contributed by atoms with van der Waals surface area (Å²) in [5.74, 6) is 0.965. The van der Waals surface area contributed by atoms with Crippen molar-refractivity contribution in [3.8, 4) is 5.69 Å². The molecule has 6 rings (SSSR count). The minimum Gasteiger partial charge on any atom is -0.370 e. The molecule has 2 aliphatic rings. The number of hydrogen-bond donors (Lipinski definition) is 1. The summed E-state index contributed by atoms with van der Waals surface area (Å²) in [6, 6.07) is 22.3. The van der Waals surface area contributed by atoms with Crippen molar-refractivity contribution >= 4 is 40.3 Å². The number of hydrogen-bond acceptors (Lipinski definition) is 3. The molecular weight excluding hydrogens is 529 g/mol. The van der Waals surface area contributed by atoms with Gasteiger partial charge in [0.1, 0.15) is 11.9 Å². The van der Waals surface area contributed by atoms with Crippen LogP contribution >= 0.6 is 23.8 Å². The van der Waals surface area contributed by atoms with Gasteiger partial charge in [0.2, 0.25) is 0 Å². The standard InChI is InChI=1S/C31H31ClFN5S/c1-20-15-21(2)19-36(18-20)27-12-11-24(17-25(27)32)38-30(29(35-31(38)39)26-9-3-4-13-34-26)28-10-6-14-37(28)23-8-5-7-22(33)16-23/h3-14,16-17,20-21,29-30H,15,18-19H2,1-2H3,(H,35,39). The van der Waals surface area contributed by atoms with Crippen LogP contribution in [-0.2, 0) is 0 Å². The second kappa shape index (κ2) is 10.6. The normalized spacial score (nSPS) is 23.2. The van der Waals surface area contributed by atoms with Crippen LogP contribution in [0.15, 0.2) is 85.2 Å². The summed E-state index contributed by atoms with van der Waals surface area (Å²) in [6.45, 7) is 6.60. The van der Waals surface area contributed by atoms with Crippen molar-refractivity contribution in [1.29, 1.82) is 0 Å². The Morgan fingerprint density at radius 2 is 1.77 bits per heavy atom. The van der Waals surface area contributed by atoms with Gasteiger partial charge < -0.3 is 19.7 Å². The summed E-state index contributed by atoms with van der Waals surface area (Å²) in [4.78, 5) is 9.16. The number of benzene rings is 2. The van der Waals surface area contributed by atoms with Gasteiger partial charge in [-0.15, -0.1) is 0 Å². The van der Waals surface area contributed by atoms with Gasteiger partial charge in [0, 0.05) is 42.6 Å². The predicted molar refractivity (Wildman–Crippen MR) is 160 cm³/mol. The SMILES string of the molecule is CC1CC(C)CN(c2ccc(N3C(=S)NC(c4ccccn4)C3c3cccn3-c3cccc(F)c3)cc2Cl)C1. The lowest BCUT2D eigenvalue weighted by Gasteiger charge is -2.37. The lowest BCUT2D eigenvalue weighted by molar-refractivity contribution is 0.357. The molecule has 1 N–H and O–H groups in total. The zero-order valence-electron chi connectivity index (χ0n) is 22.0. The quantitative estimate of drug-likeness (QED) is 0.259. The zero-order chi connectivity index (χ0) is 27.1. The molecule has 2 saturated heterocycles. The summed E-state index contributed by atoms with van der Waals surface area (Å²) in [5.41, 5.74) is 4.53. The number of pyridine rings is 1. The Kier molecular flexibility index (Phi) is 7.04.